The standard InChI is InChI=1S/C19H18N2O4S/c1-12-15-4-2-3-5-16(15)25-17(12)18(22)20-10-11-24-14-8-6-13(7-9-14)19(26)21-23/h2-9,23H,10-11H2,1H3,(H,20,22)(H,21,26). The second-order valence-electron chi connectivity index (χ2n) is 5.62. The lowest BCUT2D eigenvalue weighted by Crippen LogP contribution is -2.28. The number of fused-ring (bicyclic) bond motifs is 1. The molecule has 0 aliphatic carbocycles. The minimum absolute atomic E-state index is 0.241. The largest absolute Gasteiger partial charge is 0.492 e. The molecule has 3 rings (SSSR count). The van der Waals surface area contributed by atoms with E-state index in [0.717, 1.165) is 10.9 Å². The van der Waals surface area contributed by atoms with Crippen molar-refractivity contribution >= 4 is 34.1 Å². The maximum Gasteiger partial charge on any atom is 0.287 e. The first-order valence-electron chi connectivity index (χ1n) is 8.04. The molecule has 0 bridgehead atoms. The Bertz CT molecular complexity index is 934. The number of thiocarbonyl (C=S) groups is 1. The Morgan fingerprint density at radius 3 is 2.62 bits per heavy atom. The Balaban J connectivity index is 1.52. The number of aryl methyl sites for hydroxylation is 1. The predicted molar refractivity (Wildman–Crippen MR) is 102 cm³/mol. The Morgan fingerprint density at radius 2 is 1.92 bits per heavy atom. The molecule has 6 nitrogen and oxygen atoms in total. The Kier molecular flexibility index (Phi) is 5.50. The van der Waals surface area contributed by atoms with Crippen LogP contribution in [0.1, 0.15) is 21.7 Å². The fourth-order valence-electron chi connectivity index (χ4n) is 2.57. The van der Waals surface area contributed by atoms with Crippen molar-refractivity contribution in [3.05, 3.63) is 65.4 Å². The summed E-state index contributed by atoms with van der Waals surface area (Å²) in [5.74, 6) is 0.696. The maximum atomic E-state index is 12.3. The van der Waals surface area contributed by atoms with E-state index in [2.05, 4.69) is 5.32 Å². The van der Waals surface area contributed by atoms with Crippen LogP contribution in [0.15, 0.2) is 52.9 Å². The van der Waals surface area contributed by atoms with Gasteiger partial charge in [-0.05, 0) is 37.3 Å². The van der Waals surface area contributed by atoms with Crippen molar-refractivity contribution in [1.29, 1.82) is 0 Å². The Morgan fingerprint density at radius 1 is 1.19 bits per heavy atom. The van der Waals surface area contributed by atoms with E-state index in [0.29, 0.717) is 35.8 Å². The minimum Gasteiger partial charge on any atom is -0.492 e. The molecule has 1 amide bonds. The second-order valence-corrected chi connectivity index (χ2v) is 6.03. The number of hydrogen-bond donors (Lipinski definition) is 3. The minimum atomic E-state index is -0.267. The molecule has 0 spiro atoms. The zero-order valence-electron chi connectivity index (χ0n) is 14.1. The molecule has 0 aliphatic rings. The third-order valence-electron chi connectivity index (χ3n) is 3.92. The molecule has 0 saturated heterocycles. The molecule has 0 radical (unpaired) electrons. The molecular formula is C19H18N2O4S. The van der Waals surface area contributed by atoms with Crippen molar-refractivity contribution in [3.63, 3.8) is 0 Å². The average molecular weight is 370 g/mol. The number of carbonyl (C=O) groups is 1. The summed E-state index contributed by atoms with van der Waals surface area (Å²) in [6, 6.07) is 14.5. The van der Waals surface area contributed by atoms with Crippen LogP contribution in [0.2, 0.25) is 0 Å². The molecule has 0 saturated carbocycles. The molecule has 1 heterocycles. The van der Waals surface area contributed by atoms with Gasteiger partial charge in [0.2, 0.25) is 0 Å². The SMILES string of the molecule is Cc1c(C(=O)NCCOc2ccc(C(=S)NO)cc2)oc2ccccc12. The van der Waals surface area contributed by atoms with Gasteiger partial charge in [0.15, 0.2) is 5.76 Å². The molecule has 3 aromatic rings. The van der Waals surface area contributed by atoms with Gasteiger partial charge in [0.05, 0.1) is 6.54 Å². The van der Waals surface area contributed by atoms with Crippen LogP contribution in [0, 0.1) is 6.92 Å². The predicted octanol–water partition coefficient (Wildman–Crippen LogP) is 3.20. The first-order chi connectivity index (χ1) is 12.6. The van der Waals surface area contributed by atoms with Gasteiger partial charge in [0, 0.05) is 16.5 Å². The van der Waals surface area contributed by atoms with Crippen molar-refractivity contribution in [2.45, 2.75) is 6.92 Å². The highest BCUT2D eigenvalue weighted by Crippen LogP contribution is 2.24. The number of para-hydroxylation sites is 1. The third kappa shape index (κ3) is 3.84. The number of hydroxylamine groups is 1. The molecule has 0 atom stereocenters. The average Bonchev–Trinajstić information content (AvgIpc) is 3.02. The summed E-state index contributed by atoms with van der Waals surface area (Å²) < 4.78 is 11.2. The van der Waals surface area contributed by atoms with Gasteiger partial charge >= 0.3 is 0 Å². The summed E-state index contributed by atoms with van der Waals surface area (Å²) in [6.45, 7) is 2.52. The molecule has 7 heteroatoms. The summed E-state index contributed by atoms with van der Waals surface area (Å²) in [7, 11) is 0. The molecule has 0 unspecified atom stereocenters. The van der Waals surface area contributed by atoms with Crippen LogP contribution in [0.25, 0.3) is 11.0 Å². The molecule has 3 N–H and O–H groups in total. The van der Waals surface area contributed by atoms with E-state index in [1.54, 1.807) is 24.3 Å². The lowest BCUT2D eigenvalue weighted by atomic mass is 10.1. The van der Waals surface area contributed by atoms with E-state index >= 15 is 0 Å². The highest BCUT2D eigenvalue weighted by molar-refractivity contribution is 7.80. The van der Waals surface area contributed by atoms with Crippen molar-refractivity contribution in [1.82, 2.24) is 10.8 Å². The molecule has 1 aromatic heterocycles. The third-order valence-corrected chi connectivity index (χ3v) is 4.25. The zero-order valence-corrected chi connectivity index (χ0v) is 14.9. The van der Waals surface area contributed by atoms with Crippen molar-refractivity contribution in [3.8, 4) is 5.75 Å². The second kappa shape index (κ2) is 7.99. The van der Waals surface area contributed by atoms with Gasteiger partial charge in [-0.3, -0.25) is 15.5 Å². The van der Waals surface area contributed by atoms with Crippen LogP contribution in [0.5, 0.6) is 5.75 Å². The van der Waals surface area contributed by atoms with Gasteiger partial charge in [-0.1, -0.05) is 30.4 Å². The Hall–Kier alpha value is -2.90. The summed E-state index contributed by atoms with van der Waals surface area (Å²) in [4.78, 5) is 12.5. The van der Waals surface area contributed by atoms with Gasteiger partial charge in [-0.2, -0.15) is 0 Å². The smallest absolute Gasteiger partial charge is 0.287 e. The summed E-state index contributed by atoms with van der Waals surface area (Å²) in [5.41, 5.74) is 4.13. The molecule has 26 heavy (non-hydrogen) atoms. The summed E-state index contributed by atoms with van der Waals surface area (Å²) >= 11 is 4.92. The van der Waals surface area contributed by atoms with Crippen LogP contribution in [0.3, 0.4) is 0 Å². The van der Waals surface area contributed by atoms with E-state index in [1.165, 1.54) is 0 Å². The van der Waals surface area contributed by atoms with Crippen LogP contribution in [0.4, 0.5) is 0 Å². The number of furan rings is 1. The van der Waals surface area contributed by atoms with E-state index in [1.807, 2.05) is 36.7 Å². The fraction of sp³-hybridized carbons (Fsp3) is 0.158. The fourth-order valence-corrected chi connectivity index (χ4v) is 2.71. The number of benzene rings is 2. The van der Waals surface area contributed by atoms with Crippen LogP contribution in [-0.4, -0.2) is 29.3 Å². The lowest BCUT2D eigenvalue weighted by Gasteiger charge is -2.08. The number of ether oxygens (including phenoxy) is 1. The maximum absolute atomic E-state index is 12.3. The monoisotopic (exact) mass is 370 g/mol. The van der Waals surface area contributed by atoms with E-state index < -0.39 is 0 Å². The van der Waals surface area contributed by atoms with Gasteiger partial charge in [-0.25, -0.2) is 0 Å². The van der Waals surface area contributed by atoms with Gasteiger partial charge < -0.3 is 14.5 Å². The van der Waals surface area contributed by atoms with Crippen molar-refractivity contribution < 1.29 is 19.2 Å². The van der Waals surface area contributed by atoms with E-state index in [9.17, 15) is 4.79 Å². The molecule has 2 aromatic carbocycles. The number of nitrogens with one attached hydrogen (secondary N) is 2. The van der Waals surface area contributed by atoms with Crippen LogP contribution in [-0.2, 0) is 0 Å². The molecule has 0 aliphatic heterocycles. The van der Waals surface area contributed by atoms with Crippen LogP contribution < -0.4 is 15.5 Å². The number of rotatable bonds is 6. The lowest BCUT2D eigenvalue weighted by molar-refractivity contribution is 0.0920. The van der Waals surface area contributed by atoms with E-state index in [4.69, 9.17) is 26.6 Å². The van der Waals surface area contributed by atoms with E-state index in [-0.39, 0.29) is 10.9 Å². The molecular weight excluding hydrogens is 352 g/mol. The number of carbonyl (C=O) groups excluding carboxylic acids is 1. The van der Waals surface area contributed by atoms with Crippen LogP contribution >= 0.6 is 12.2 Å². The highest BCUT2D eigenvalue weighted by Gasteiger charge is 2.16. The van der Waals surface area contributed by atoms with Gasteiger partial charge in [0.1, 0.15) is 22.9 Å². The number of amides is 1. The topological polar surface area (TPSA) is 83.7 Å². The quantitative estimate of drug-likeness (QED) is 0.351. The Labute approximate surface area is 155 Å². The molecule has 134 valence electrons. The van der Waals surface area contributed by atoms with Gasteiger partial charge in [0.25, 0.3) is 5.91 Å². The molecule has 0 fully saturated rings. The normalized spacial score (nSPS) is 10.5. The first kappa shape index (κ1) is 17.9. The number of hydrogen-bond acceptors (Lipinski definition) is 5. The summed E-state index contributed by atoms with van der Waals surface area (Å²) in [5, 5.41) is 12.5. The zero-order chi connectivity index (χ0) is 18.5. The summed E-state index contributed by atoms with van der Waals surface area (Å²) in [6.07, 6.45) is 0. The van der Waals surface area contributed by atoms with Crippen molar-refractivity contribution in [2.75, 3.05) is 13.2 Å². The van der Waals surface area contributed by atoms with Crippen molar-refractivity contribution in [2.24, 2.45) is 0 Å². The first-order valence-corrected chi connectivity index (χ1v) is 8.44. The van der Waals surface area contributed by atoms with Gasteiger partial charge in [-0.15, -0.1) is 0 Å². The highest BCUT2D eigenvalue weighted by atomic mass is 32.1.